The zero-order valence-electron chi connectivity index (χ0n) is 23.0. The van der Waals surface area contributed by atoms with Crippen molar-refractivity contribution >= 4 is 5.91 Å². The molecule has 7 atom stereocenters. The minimum Gasteiger partial charge on any atom is -0.394 e. The average Bonchev–Trinajstić information content (AvgIpc) is 2.89. The third-order valence-electron chi connectivity index (χ3n) is 6.86. The van der Waals surface area contributed by atoms with Crippen LogP contribution >= 0.6 is 0 Å². The number of carbonyl (C=O) groups excluding carboxylic acids is 1. The van der Waals surface area contributed by atoms with Crippen molar-refractivity contribution in [2.75, 3.05) is 13.2 Å². The van der Waals surface area contributed by atoms with Crippen molar-refractivity contribution in [3.05, 3.63) is 12.2 Å². The van der Waals surface area contributed by atoms with Crippen LogP contribution in [0.4, 0.5) is 0 Å². The van der Waals surface area contributed by atoms with Crippen LogP contribution in [0.1, 0.15) is 104 Å². The number of hydrogen-bond donors (Lipinski definition) is 6. The molecule has 0 aromatic rings. The Bertz CT molecular complexity index is 603. The Hall–Kier alpha value is -1.07. The maximum atomic E-state index is 12.6. The first-order valence-electron chi connectivity index (χ1n) is 14.4. The van der Waals surface area contributed by atoms with Gasteiger partial charge in [0.05, 0.1) is 25.4 Å². The zero-order chi connectivity index (χ0) is 27.5. The molecule has 0 aliphatic carbocycles. The van der Waals surface area contributed by atoms with E-state index < -0.39 is 49.5 Å². The second-order valence-electron chi connectivity index (χ2n) is 10.2. The molecular formula is C28H53NO8. The van der Waals surface area contributed by atoms with Crippen molar-refractivity contribution in [2.24, 2.45) is 0 Å². The van der Waals surface area contributed by atoms with Gasteiger partial charge in [-0.1, -0.05) is 90.2 Å². The summed E-state index contributed by atoms with van der Waals surface area (Å²) in [4.78, 5) is 12.6. The summed E-state index contributed by atoms with van der Waals surface area (Å²) in [5.74, 6) is -0.192. The van der Waals surface area contributed by atoms with Gasteiger partial charge in [-0.25, -0.2) is 0 Å². The summed E-state index contributed by atoms with van der Waals surface area (Å²) in [6.45, 7) is 3.60. The van der Waals surface area contributed by atoms with Crippen molar-refractivity contribution in [2.45, 2.75) is 147 Å². The van der Waals surface area contributed by atoms with Crippen LogP contribution in [0.25, 0.3) is 0 Å². The van der Waals surface area contributed by atoms with Gasteiger partial charge in [0.2, 0.25) is 5.91 Å². The van der Waals surface area contributed by atoms with Gasteiger partial charge in [-0.2, -0.15) is 0 Å². The summed E-state index contributed by atoms with van der Waals surface area (Å²) < 4.78 is 11.0. The molecule has 1 fully saturated rings. The van der Waals surface area contributed by atoms with Gasteiger partial charge in [0, 0.05) is 6.42 Å². The SMILES string of the molecule is CCCCCCC/C=C/C(O)C(COC1OC(CO)C(O)C(O)C1O)NC(=O)CCCCCCCCC. The number of carbonyl (C=O) groups is 1. The summed E-state index contributed by atoms with van der Waals surface area (Å²) in [7, 11) is 0. The first-order valence-corrected chi connectivity index (χ1v) is 14.4. The molecular weight excluding hydrogens is 478 g/mol. The quantitative estimate of drug-likeness (QED) is 0.0978. The fourth-order valence-electron chi connectivity index (χ4n) is 4.39. The fraction of sp³-hybridized carbons (Fsp3) is 0.893. The molecule has 1 aliphatic rings. The van der Waals surface area contributed by atoms with Gasteiger partial charge < -0.3 is 40.3 Å². The highest BCUT2D eigenvalue weighted by molar-refractivity contribution is 5.76. The van der Waals surface area contributed by atoms with E-state index in [4.69, 9.17) is 9.47 Å². The zero-order valence-corrected chi connectivity index (χ0v) is 23.0. The number of aliphatic hydroxyl groups excluding tert-OH is 5. The molecule has 7 unspecified atom stereocenters. The Morgan fingerprint density at radius 3 is 2.11 bits per heavy atom. The Morgan fingerprint density at radius 2 is 1.49 bits per heavy atom. The number of rotatable bonds is 21. The lowest BCUT2D eigenvalue weighted by molar-refractivity contribution is -0.302. The number of nitrogens with one attached hydrogen (secondary N) is 1. The third-order valence-corrected chi connectivity index (χ3v) is 6.86. The monoisotopic (exact) mass is 531 g/mol. The van der Waals surface area contributed by atoms with Gasteiger partial charge in [-0.3, -0.25) is 4.79 Å². The lowest BCUT2D eigenvalue weighted by Crippen LogP contribution is -2.60. The summed E-state index contributed by atoms with van der Waals surface area (Å²) >= 11 is 0. The first-order chi connectivity index (χ1) is 17.8. The molecule has 218 valence electrons. The van der Waals surface area contributed by atoms with Crippen molar-refractivity contribution in [3.63, 3.8) is 0 Å². The highest BCUT2D eigenvalue weighted by Crippen LogP contribution is 2.22. The van der Waals surface area contributed by atoms with Gasteiger partial charge in [0.1, 0.15) is 24.4 Å². The van der Waals surface area contributed by atoms with Gasteiger partial charge in [-0.15, -0.1) is 0 Å². The summed E-state index contributed by atoms with van der Waals surface area (Å²) in [6.07, 6.45) is 10.1. The number of allylic oxidation sites excluding steroid dienone is 1. The normalized spacial score (nSPS) is 25.9. The van der Waals surface area contributed by atoms with Crippen LogP contribution in [-0.4, -0.2) is 87.5 Å². The molecule has 37 heavy (non-hydrogen) atoms. The predicted octanol–water partition coefficient (Wildman–Crippen LogP) is 2.71. The lowest BCUT2D eigenvalue weighted by Gasteiger charge is -2.40. The Morgan fingerprint density at radius 1 is 0.892 bits per heavy atom. The standard InChI is InChI=1S/C28H53NO8/c1-3-5-7-9-11-13-15-17-22(31)21(29-24(32)18-16-14-12-10-8-6-4-2)20-36-28-27(35)26(34)25(33)23(19-30)37-28/h15,17,21-23,25-28,30-31,33-35H,3-14,16,18-20H2,1-2H3,(H,29,32)/b17-15+. The average molecular weight is 532 g/mol. The molecule has 0 aromatic heterocycles. The van der Waals surface area contributed by atoms with E-state index in [0.717, 1.165) is 38.5 Å². The van der Waals surface area contributed by atoms with Crippen molar-refractivity contribution < 1.29 is 39.8 Å². The topological polar surface area (TPSA) is 149 Å². The molecule has 1 heterocycles. The van der Waals surface area contributed by atoms with Crippen LogP contribution in [0.3, 0.4) is 0 Å². The summed E-state index contributed by atoms with van der Waals surface area (Å²) in [5.41, 5.74) is 0. The number of amides is 1. The molecule has 9 nitrogen and oxygen atoms in total. The van der Waals surface area contributed by atoms with E-state index in [2.05, 4.69) is 19.2 Å². The molecule has 0 saturated carbocycles. The Kier molecular flexibility index (Phi) is 19.1. The molecule has 1 saturated heterocycles. The fourth-order valence-corrected chi connectivity index (χ4v) is 4.39. The maximum absolute atomic E-state index is 12.6. The smallest absolute Gasteiger partial charge is 0.220 e. The van der Waals surface area contributed by atoms with E-state index in [-0.39, 0.29) is 12.5 Å². The second-order valence-corrected chi connectivity index (χ2v) is 10.2. The molecule has 0 radical (unpaired) electrons. The van der Waals surface area contributed by atoms with Crippen LogP contribution in [-0.2, 0) is 14.3 Å². The van der Waals surface area contributed by atoms with Crippen LogP contribution in [0.15, 0.2) is 12.2 Å². The molecule has 9 heteroatoms. The highest BCUT2D eigenvalue weighted by atomic mass is 16.7. The van der Waals surface area contributed by atoms with E-state index in [1.165, 1.54) is 44.9 Å². The van der Waals surface area contributed by atoms with Crippen LogP contribution in [0, 0.1) is 0 Å². The van der Waals surface area contributed by atoms with Crippen molar-refractivity contribution in [1.82, 2.24) is 5.32 Å². The highest BCUT2D eigenvalue weighted by Gasteiger charge is 2.44. The van der Waals surface area contributed by atoms with E-state index in [1.54, 1.807) is 6.08 Å². The number of hydrogen-bond acceptors (Lipinski definition) is 8. The van der Waals surface area contributed by atoms with E-state index >= 15 is 0 Å². The third kappa shape index (κ3) is 14.0. The molecule has 0 bridgehead atoms. The number of aliphatic hydroxyl groups is 5. The molecule has 1 amide bonds. The predicted molar refractivity (Wildman–Crippen MR) is 143 cm³/mol. The minimum atomic E-state index is -1.56. The van der Waals surface area contributed by atoms with Crippen molar-refractivity contribution in [3.8, 4) is 0 Å². The van der Waals surface area contributed by atoms with E-state index in [1.807, 2.05) is 6.08 Å². The second kappa shape index (κ2) is 20.8. The number of ether oxygens (including phenoxy) is 2. The molecule has 0 aromatic carbocycles. The Labute approximate surface area is 223 Å². The number of unbranched alkanes of at least 4 members (excludes halogenated alkanes) is 11. The summed E-state index contributed by atoms with van der Waals surface area (Å²) in [6, 6.07) is -0.791. The largest absolute Gasteiger partial charge is 0.394 e. The molecule has 1 rings (SSSR count). The molecule has 6 N–H and O–H groups in total. The van der Waals surface area contributed by atoms with Gasteiger partial charge in [0.25, 0.3) is 0 Å². The Balaban J connectivity index is 2.63. The minimum absolute atomic E-state index is 0.187. The van der Waals surface area contributed by atoms with Crippen LogP contribution in [0.5, 0.6) is 0 Å². The molecule has 1 aliphatic heterocycles. The molecule has 0 spiro atoms. The van der Waals surface area contributed by atoms with Crippen LogP contribution < -0.4 is 5.32 Å². The van der Waals surface area contributed by atoms with Gasteiger partial charge in [0.15, 0.2) is 6.29 Å². The van der Waals surface area contributed by atoms with Crippen molar-refractivity contribution in [1.29, 1.82) is 0 Å². The maximum Gasteiger partial charge on any atom is 0.220 e. The lowest BCUT2D eigenvalue weighted by atomic mass is 9.99. The van der Waals surface area contributed by atoms with E-state index in [9.17, 15) is 30.3 Å². The summed E-state index contributed by atoms with van der Waals surface area (Å²) in [5, 5.41) is 53.2. The first kappa shape index (κ1) is 34.0. The van der Waals surface area contributed by atoms with Gasteiger partial charge in [-0.05, 0) is 19.3 Å². The van der Waals surface area contributed by atoms with Gasteiger partial charge >= 0.3 is 0 Å². The van der Waals surface area contributed by atoms with Crippen LogP contribution in [0.2, 0.25) is 0 Å². The van der Waals surface area contributed by atoms with E-state index in [0.29, 0.717) is 6.42 Å².